The Morgan fingerprint density at radius 2 is 1.61 bits per heavy atom. The molecule has 3 nitrogen and oxygen atoms in total. The fraction of sp³-hybridized carbons (Fsp3) is 0.929. The molecular weight excluding hydrogens is 337 g/mol. The minimum atomic E-state index is 0. The van der Waals surface area contributed by atoms with Gasteiger partial charge in [-0.05, 0) is 43.9 Å². The summed E-state index contributed by atoms with van der Waals surface area (Å²) in [6, 6.07) is 0.705. The van der Waals surface area contributed by atoms with E-state index >= 15 is 0 Å². The Balaban J connectivity index is 0.00000120. The molecule has 18 heavy (non-hydrogen) atoms. The lowest BCUT2D eigenvalue weighted by atomic mass is 9.82. The maximum absolute atomic E-state index is 4.48. The van der Waals surface area contributed by atoms with Gasteiger partial charge in [-0.2, -0.15) is 0 Å². The first kappa shape index (κ1) is 14.4. The molecule has 0 bridgehead atoms. The molecule has 0 radical (unpaired) electrons. The van der Waals surface area contributed by atoms with Crippen molar-refractivity contribution in [1.82, 2.24) is 10.2 Å². The summed E-state index contributed by atoms with van der Waals surface area (Å²) in [6.45, 7) is 2.49. The van der Waals surface area contributed by atoms with Crippen LogP contribution in [0.5, 0.6) is 0 Å². The summed E-state index contributed by atoms with van der Waals surface area (Å²) in [7, 11) is 1.93. The number of halogens is 1. The van der Waals surface area contributed by atoms with Gasteiger partial charge in [0.2, 0.25) is 0 Å². The zero-order valence-corrected chi connectivity index (χ0v) is 13.7. The maximum Gasteiger partial charge on any atom is 0.193 e. The summed E-state index contributed by atoms with van der Waals surface area (Å²) in [4.78, 5) is 6.99. The van der Waals surface area contributed by atoms with E-state index in [9.17, 15) is 0 Å². The Morgan fingerprint density at radius 1 is 1.00 bits per heavy atom. The summed E-state index contributed by atoms with van der Waals surface area (Å²) < 4.78 is 0. The Hall–Kier alpha value is 0. The molecule has 3 aliphatic rings. The molecule has 1 aliphatic heterocycles. The second-order valence-corrected chi connectivity index (χ2v) is 6.03. The number of nitrogens with one attached hydrogen (secondary N) is 1. The lowest BCUT2D eigenvalue weighted by Gasteiger charge is -2.31. The van der Waals surface area contributed by atoms with E-state index in [1.54, 1.807) is 0 Å². The van der Waals surface area contributed by atoms with Crippen LogP contribution in [0.15, 0.2) is 4.99 Å². The van der Waals surface area contributed by atoms with Crippen LogP contribution in [0.2, 0.25) is 0 Å². The number of likely N-dealkylation sites (tertiary alicyclic amines) is 1. The SMILES string of the molecule is CN=C(NC1CCC1)N1CC2CCCCC2C1.I. The molecule has 2 atom stereocenters. The smallest absolute Gasteiger partial charge is 0.193 e. The summed E-state index contributed by atoms with van der Waals surface area (Å²) in [5, 5.41) is 3.63. The van der Waals surface area contributed by atoms with Crippen molar-refractivity contribution in [2.24, 2.45) is 16.8 Å². The third kappa shape index (κ3) is 2.94. The first-order chi connectivity index (χ1) is 8.36. The van der Waals surface area contributed by atoms with E-state index in [4.69, 9.17) is 0 Å². The van der Waals surface area contributed by atoms with E-state index in [2.05, 4.69) is 15.2 Å². The fourth-order valence-electron chi connectivity index (χ4n) is 3.61. The van der Waals surface area contributed by atoms with Crippen molar-refractivity contribution in [3.8, 4) is 0 Å². The predicted molar refractivity (Wildman–Crippen MR) is 86.6 cm³/mol. The lowest BCUT2D eigenvalue weighted by molar-refractivity contribution is 0.299. The fourth-order valence-corrected chi connectivity index (χ4v) is 3.61. The van der Waals surface area contributed by atoms with Gasteiger partial charge >= 0.3 is 0 Å². The van der Waals surface area contributed by atoms with Gasteiger partial charge in [0.25, 0.3) is 0 Å². The van der Waals surface area contributed by atoms with Crippen LogP contribution in [-0.4, -0.2) is 37.0 Å². The zero-order valence-electron chi connectivity index (χ0n) is 11.4. The van der Waals surface area contributed by atoms with E-state index < -0.39 is 0 Å². The van der Waals surface area contributed by atoms with Crippen molar-refractivity contribution in [3.05, 3.63) is 0 Å². The van der Waals surface area contributed by atoms with Gasteiger partial charge in [-0.1, -0.05) is 12.8 Å². The molecule has 1 saturated heterocycles. The summed E-state index contributed by atoms with van der Waals surface area (Å²) in [5.74, 6) is 3.07. The Bertz CT molecular complexity index is 287. The molecule has 0 aromatic carbocycles. The number of guanidine groups is 1. The third-order valence-corrected chi connectivity index (χ3v) is 4.93. The summed E-state index contributed by atoms with van der Waals surface area (Å²) in [5.41, 5.74) is 0. The molecule has 0 aromatic heterocycles. The monoisotopic (exact) mass is 363 g/mol. The molecule has 0 aromatic rings. The Morgan fingerprint density at radius 3 is 2.06 bits per heavy atom. The quantitative estimate of drug-likeness (QED) is 0.441. The highest BCUT2D eigenvalue weighted by Gasteiger charge is 2.36. The van der Waals surface area contributed by atoms with Crippen molar-refractivity contribution in [2.75, 3.05) is 20.1 Å². The molecule has 1 N–H and O–H groups in total. The summed E-state index contributed by atoms with van der Waals surface area (Å²) in [6.07, 6.45) is 9.84. The van der Waals surface area contributed by atoms with Crippen molar-refractivity contribution < 1.29 is 0 Å². The zero-order chi connectivity index (χ0) is 11.7. The molecule has 3 rings (SSSR count). The number of aliphatic imine (C=N–C) groups is 1. The van der Waals surface area contributed by atoms with E-state index in [1.165, 1.54) is 64.0 Å². The highest BCUT2D eigenvalue weighted by Crippen LogP contribution is 2.36. The van der Waals surface area contributed by atoms with Gasteiger partial charge in [-0.25, -0.2) is 0 Å². The first-order valence-electron chi connectivity index (χ1n) is 7.35. The van der Waals surface area contributed by atoms with Crippen LogP contribution in [-0.2, 0) is 0 Å². The average Bonchev–Trinajstić information content (AvgIpc) is 2.71. The molecular formula is C14H26IN3. The maximum atomic E-state index is 4.48. The molecule has 1 heterocycles. The van der Waals surface area contributed by atoms with Gasteiger partial charge in [0.15, 0.2) is 5.96 Å². The molecule has 4 heteroatoms. The molecule has 104 valence electrons. The van der Waals surface area contributed by atoms with E-state index in [1.807, 2.05) is 7.05 Å². The molecule has 0 amide bonds. The molecule has 2 saturated carbocycles. The van der Waals surface area contributed by atoms with Crippen LogP contribution in [0.25, 0.3) is 0 Å². The van der Waals surface area contributed by atoms with Gasteiger partial charge < -0.3 is 10.2 Å². The third-order valence-electron chi connectivity index (χ3n) is 4.93. The average molecular weight is 363 g/mol. The normalized spacial score (nSPS) is 32.5. The second-order valence-electron chi connectivity index (χ2n) is 6.03. The Kier molecular flexibility index (Phi) is 5.15. The highest BCUT2D eigenvalue weighted by molar-refractivity contribution is 14.0. The predicted octanol–water partition coefficient (Wildman–Crippen LogP) is 2.85. The van der Waals surface area contributed by atoms with Crippen LogP contribution in [0.1, 0.15) is 44.9 Å². The van der Waals surface area contributed by atoms with Crippen LogP contribution < -0.4 is 5.32 Å². The van der Waals surface area contributed by atoms with Crippen LogP contribution in [0.3, 0.4) is 0 Å². The topological polar surface area (TPSA) is 27.6 Å². The number of hydrogen-bond donors (Lipinski definition) is 1. The van der Waals surface area contributed by atoms with Gasteiger partial charge in [0.05, 0.1) is 0 Å². The van der Waals surface area contributed by atoms with E-state index in [0.717, 1.165) is 11.8 Å². The molecule has 2 aliphatic carbocycles. The van der Waals surface area contributed by atoms with Crippen LogP contribution in [0, 0.1) is 11.8 Å². The van der Waals surface area contributed by atoms with Crippen LogP contribution in [0.4, 0.5) is 0 Å². The van der Waals surface area contributed by atoms with E-state index in [0.29, 0.717) is 6.04 Å². The van der Waals surface area contributed by atoms with Gasteiger partial charge in [-0.15, -0.1) is 24.0 Å². The molecule has 0 spiro atoms. The van der Waals surface area contributed by atoms with Gasteiger partial charge in [0.1, 0.15) is 0 Å². The van der Waals surface area contributed by atoms with Crippen molar-refractivity contribution >= 4 is 29.9 Å². The Labute approximate surface area is 128 Å². The molecule has 2 unspecified atom stereocenters. The van der Waals surface area contributed by atoms with Gasteiger partial charge in [-0.3, -0.25) is 4.99 Å². The minimum absolute atomic E-state index is 0. The van der Waals surface area contributed by atoms with Crippen molar-refractivity contribution in [3.63, 3.8) is 0 Å². The second kappa shape index (κ2) is 6.44. The number of rotatable bonds is 1. The van der Waals surface area contributed by atoms with Crippen LogP contribution >= 0.6 is 24.0 Å². The molecule has 3 fully saturated rings. The van der Waals surface area contributed by atoms with E-state index in [-0.39, 0.29) is 24.0 Å². The number of nitrogens with zero attached hydrogens (tertiary/aromatic N) is 2. The minimum Gasteiger partial charge on any atom is -0.354 e. The van der Waals surface area contributed by atoms with Gasteiger partial charge in [0, 0.05) is 26.2 Å². The highest BCUT2D eigenvalue weighted by atomic mass is 127. The number of fused-ring (bicyclic) bond motifs is 1. The lowest BCUT2D eigenvalue weighted by Crippen LogP contribution is -2.47. The first-order valence-corrected chi connectivity index (χ1v) is 7.35. The summed E-state index contributed by atoms with van der Waals surface area (Å²) >= 11 is 0. The number of hydrogen-bond acceptors (Lipinski definition) is 1. The van der Waals surface area contributed by atoms with Crippen molar-refractivity contribution in [1.29, 1.82) is 0 Å². The van der Waals surface area contributed by atoms with Crippen molar-refractivity contribution in [2.45, 2.75) is 51.0 Å². The standard InChI is InChI=1S/C14H25N3.HI/c1-15-14(16-13-7-4-8-13)17-9-11-5-2-3-6-12(11)10-17;/h11-13H,2-10H2,1H3,(H,15,16);1H. The largest absolute Gasteiger partial charge is 0.354 e.